The first-order valence-electron chi connectivity index (χ1n) is 6.93. The van der Waals surface area contributed by atoms with E-state index in [0.717, 1.165) is 12.1 Å². The molecule has 0 fully saturated rings. The van der Waals surface area contributed by atoms with E-state index in [-0.39, 0.29) is 33.9 Å². The number of halogens is 9. The van der Waals surface area contributed by atoms with Crippen molar-refractivity contribution in [1.29, 1.82) is 0 Å². The molecule has 0 aliphatic carbocycles. The molecule has 0 radical (unpaired) electrons. The lowest BCUT2D eigenvalue weighted by atomic mass is 10.2. The van der Waals surface area contributed by atoms with Crippen LogP contribution in [0.3, 0.4) is 0 Å². The van der Waals surface area contributed by atoms with Gasteiger partial charge in [-0.1, -0.05) is 37.0 Å². The highest BCUT2D eigenvalue weighted by Crippen LogP contribution is 2.45. The molecule has 0 spiro atoms. The molecule has 12 heteroatoms. The van der Waals surface area contributed by atoms with E-state index < -0.39 is 18.1 Å². The maximum atomic E-state index is 13.0. The molecule has 3 nitrogen and oxygen atoms in total. The smallest absolute Gasteiger partial charge is 0.462 e. The summed E-state index contributed by atoms with van der Waals surface area (Å²) in [4.78, 5) is 0. The number of hydrogen-bond acceptors (Lipinski definition) is 3. The Hall–Kier alpha value is -1.42. The Morgan fingerprint density at radius 3 is 2.00 bits per heavy atom. The van der Waals surface area contributed by atoms with E-state index in [1.807, 2.05) is 13.8 Å². The molecule has 0 aromatic heterocycles. The van der Waals surface area contributed by atoms with Crippen molar-refractivity contribution in [3.63, 3.8) is 0 Å². The van der Waals surface area contributed by atoms with E-state index in [2.05, 4.69) is 5.10 Å². The van der Waals surface area contributed by atoms with Crippen LogP contribution in [-0.2, 0) is 0 Å². The highest BCUT2D eigenvalue weighted by molar-refractivity contribution is 6.37. The highest BCUT2D eigenvalue weighted by Gasteiger charge is 2.73. The van der Waals surface area contributed by atoms with Crippen molar-refractivity contribution < 1.29 is 35.5 Å². The number of nitrogens with zero attached hydrogens (tertiary/aromatic N) is 1. The van der Waals surface area contributed by atoms with E-state index in [4.69, 9.17) is 27.9 Å². The molecule has 0 unspecified atom stereocenters. The largest absolute Gasteiger partial charge is 0.490 e. The Kier molecular flexibility index (Phi) is 7.03. The van der Waals surface area contributed by atoms with Gasteiger partial charge in [0.05, 0.1) is 22.9 Å². The molecule has 0 heterocycles. The number of hydrogen-bond donors (Lipinski definition) is 1. The summed E-state index contributed by atoms with van der Waals surface area (Å²) in [6.07, 6.45) is -5.90. The molecule has 1 rings (SSSR count). The Morgan fingerprint density at radius 1 is 1.08 bits per heavy atom. The zero-order valence-corrected chi connectivity index (χ0v) is 14.8. The van der Waals surface area contributed by atoms with Crippen molar-refractivity contribution in [2.24, 2.45) is 11.0 Å². The minimum absolute atomic E-state index is 0.0213. The third-order valence-electron chi connectivity index (χ3n) is 2.75. The summed E-state index contributed by atoms with van der Waals surface area (Å²) < 4.78 is 92.8. The SMILES string of the molecule is CC(C)COc1c(Cl)cc(/C=N/NC(F)(F)C(F)(F)C(F)(F)F)cc1Cl. The average molecular weight is 429 g/mol. The predicted molar refractivity (Wildman–Crippen MR) is 83.5 cm³/mol. The summed E-state index contributed by atoms with van der Waals surface area (Å²) in [5, 5.41) is 2.67. The summed E-state index contributed by atoms with van der Waals surface area (Å²) in [5.74, 6) is -6.05. The molecule has 148 valence electrons. The van der Waals surface area contributed by atoms with Crippen molar-refractivity contribution in [2.45, 2.75) is 32.0 Å². The monoisotopic (exact) mass is 428 g/mol. The zero-order valence-electron chi connectivity index (χ0n) is 13.3. The van der Waals surface area contributed by atoms with Crippen LogP contribution in [0.25, 0.3) is 0 Å². The first kappa shape index (κ1) is 22.6. The number of hydrazone groups is 1. The quantitative estimate of drug-likeness (QED) is 0.260. The van der Waals surface area contributed by atoms with Crippen molar-refractivity contribution in [3.05, 3.63) is 27.7 Å². The second-order valence-corrected chi connectivity index (χ2v) is 6.35. The topological polar surface area (TPSA) is 33.6 Å². The van der Waals surface area contributed by atoms with Gasteiger partial charge in [-0.2, -0.15) is 35.8 Å². The van der Waals surface area contributed by atoms with E-state index in [1.165, 1.54) is 0 Å². The van der Waals surface area contributed by atoms with Gasteiger partial charge in [0.2, 0.25) is 0 Å². The Morgan fingerprint density at radius 2 is 1.58 bits per heavy atom. The van der Waals surface area contributed by atoms with E-state index in [0.29, 0.717) is 11.6 Å². The molecule has 0 aliphatic heterocycles. The van der Waals surface area contributed by atoms with Gasteiger partial charge in [0.15, 0.2) is 5.75 Å². The molecule has 0 bridgehead atoms. The summed E-state index contributed by atoms with van der Waals surface area (Å²) in [7, 11) is 0. The molecule has 26 heavy (non-hydrogen) atoms. The number of alkyl halides is 7. The van der Waals surface area contributed by atoms with Crippen LogP contribution in [0.1, 0.15) is 19.4 Å². The zero-order chi connectivity index (χ0) is 20.3. The number of rotatable bonds is 7. The van der Waals surface area contributed by atoms with Crippen LogP contribution in [0.4, 0.5) is 30.7 Å². The van der Waals surface area contributed by atoms with E-state index in [1.54, 1.807) is 0 Å². The van der Waals surface area contributed by atoms with Crippen LogP contribution in [0.2, 0.25) is 10.0 Å². The maximum Gasteiger partial charge on any atom is 0.462 e. The molecule has 1 aromatic rings. The number of nitrogens with one attached hydrogen (secondary N) is 1. The van der Waals surface area contributed by atoms with Crippen molar-refractivity contribution in [1.82, 2.24) is 5.43 Å². The predicted octanol–water partition coefficient (Wildman–Crippen LogP) is 5.74. The molecule has 1 aromatic carbocycles. The van der Waals surface area contributed by atoms with Gasteiger partial charge in [0.25, 0.3) is 0 Å². The van der Waals surface area contributed by atoms with Gasteiger partial charge in [-0.3, -0.25) is 0 Å². The molecule has 1 N–H and O–H groups in total. The first-order chi connectivity index (χ1) is 11.7. The third-order valence-corrected chi connectivity index (χ3v) is 3.31. The van der Waals surface area contributed by atoms with E-state index >= 15 is 0 Å². The molecule has 0 saturated heterocycles. The molecular weight excluding hydrogens is 416 g/mol. The lowest BCUT2D eigenvalue weighted by Gasteiger charge is -2.27. The van der Waals surface area contributed by atoms with Gasteiger partial charge in [-0.15, -0.1) is 0 Å². The van der Waals surface area contributed by atoms with Crippen LogP contribution < -0.4 is 10.2 Å². The molecule has 0 aliphatic rings. The second kappa shape index (κ2) is 8.08. The van der Waals surface area contributed by atoms with Crippen LogP contribution in [-0.4, -0.2) is 31.0 Å². The third kappa shape index (κ3) is 5.29. The summed E-state index contributed by atoms with van der Waals surface area (Å²) >= 11 is 11.8. The summed E-state index contributed by atoms with van der Waals surface area (Å²) in [6, 6.07) is -3.34. The van der Waals surface area contributed by atoms with Gasteiger partial charge in [0, 0.05) is 0 Å². The van der Waals surface area contributed by atoms with Crippen molar-refractivity contribution in [2.75, 3.05) is 6.61 Å². The lowest BCUT2D eigenvalue weighted by molar-refractivity contribution is -0.361. The Bertz CT molecular complexity index is 640. The second-order valence-electron chi connectivity index (χ2n) is 5.54. The number of benzene rings is 1. The standard InChI is InChI=1S/C14H13Cl2F7N2O/c1-7(2)6-26-11-9(15)3-8(4-10(11)16)5-24-25-14(22,23)12(17,18)13(19,20)21/h3-5,7,25H,6H2,1-2H3/b24-5+. The molecule has 0 saturated carbocycles. The normalized spacial score (nSPS) is 13.5. The van der Waals surface area contributed by atoms with Gasteiger partial charge >= 0.3 is 18.1 Å². The summed E-state index contributed by atoms with van der Waals surface area (Å²) in [5.41, 5.74) is 0.465. The Balaban J connectivity index is 2.93. The van der Waals surface area contributed by atoms with E-state index in [9.17, 15) is 30.7 Å². The fraction of sp³-hybridized carbons (Fsp3) is 0.500. The molecule has 0 atom stereocenters. The fourth-order valence-electron chi connectivity index (χ4n) is 1.48. The minimum Gasteiger partial charge on any atom is -0.490 e. The van der Waals surface area contributed by atoms with Gasteiger partial charge in [-0.25, -0.2) is 5.43 Å². The van der Waals surface area contributed by atoms with Crippen molar-refractivity contribution in [3.8, 4) is 5.75 Å². The maximum absolute atomic E-state index is 13.0. The van der Waals surface area contributed by atoms with Crippen molar-refractivity contribution >= 4 is 29.4 Å². The Labute approximate surface area is 154 Å². The number of ether oxygens (including phenoxy) is 1. The fourth-order valence-corrected chi connectivity index (χ4v) is 2.09. The average Bonchev–Trinajstić information content (AvgIpc) is 2.44. The lowest BCUT2D eigenvalue weighted by Crippen LogP contribution is -2.58. The van der Waals surface area contributed by atoms with Gasteiger partial charge in [-0.05, 0) is 23.6 Å². The van der Waals surface area contributed by atoms with Crippen LogP contribution in [0.15, 0.2) is 17.2 Å². The first-order valence-corrected chi connectivity index (χ1v) is 7.69. The highest BCUT2D eigenvalue weighted by atomic mass is 35.5. The van der Waals surface area contributed by atoms with Crippen LogP contribution in [0, 0.1) is 5.92 Å². The van der Waals surface area contributed by atoms with Gasteiger partial charge < -0.3 is 4.74 Å². The molecule has 0 amide bonds. The van der Waals surface area contributed by atoms with Gasteiger partial charge in [0.1, 0.15) is 0 Å². The molecular formula is C14H13Cl2F7N2O. The summed E-state index contributed by atoms with van der Waals surface area (Å²) in [6.45, 7) is 4.02. The van der Waals surface area contributed by atoms with Crippen LogP contribution >= 0.6 is 23.2 Å². The minimum atomic E-state index is -6.46. The van der Waals surface area contributed by atoms with Crippen LogP contribution in [0.5, 0.6) is 5.75 Å².